The molecule has 1 aromatic rings. The van der Waals surface area contributed by atoms with Crippen molar-refractivity contribution in [2.45, 2.75) is 45.1 Å². The van der Waals surface area contributed by atoms with E-state index in [9.17, 15) is 8.42 Å². The van der Waals surface area contributed by atoms with Crippen LogP contribution in [0, 0.1) is 12.8 Å². The van der Waals surface area contributed by atoms with Gasteiger partial charge in [-0.25, -0.2) is 13.1 Å². The molecule has 114 valence electrons. The van der Waals surface area contributed by atoms with E-state index in [-0.39, 0.29) is 11.4 Å². The summed E-state index contributed by atoms with van der Waals surface area (Å²) in [7, 11) is -3.53. The van der Waals surface area contributed by atoms with Gasteiger partial charge < -0.3 is 5.73 Å². The molecule has 0 bridgehead atoms. The average Bonchev–Trinajstić information content (AvgIpc) is 2.36. The number of halogens is 1. The molecule has 3 N–H and O–H groups in total. The lowest BCUT2D eigenvalue weighted by molar-refractivity contribution is 0.539. The Kier molecular flexibility index (Phi) is 6.45. The van der Waals surface area contributed by atoms with Crippen molar-refractivity contribution in [3.63, 3.8) is 0 Å². The van der Waals surface area contributed by atoms with Crippen molar-refractivity contribution in [3.8, 4) is 0 Å². The van der Waals surface area contributed by atoms with Gasteiger partial charge in [0.1, 0.15) is 0 Å². The van der Waals surface area contributed by atoms with E-state index in [0.29, 0.717) is 23.0 Å². The molecule has 1 aromatic carbocycles. The molecular weight excluding hydrogens is 296 g/mol. The van der Waals surface area contributed by atoms with Crippen LogP contribution < -0.4 is 10.5 Å². The molecule has 0 saturated heterocycles. The minimum absolute atomic E-state index is 0.218. The van der Waals surface area contributed by atoms with Crippen molar-refractivity contribution in [2.24, 2.45) is 11.7 Å². The van der Waals surface area contributed by atoms with Crippen molar-refractivity contribution < 1.29 is 8.42 Å². The number of hydrogen-bond acceptors (Lipinski definition) is 3. The van der Waals surface area contributed by atoms with Gasteiger partial charge in [0.25, 0.3) is 0 Å². The molecule has 0 atom stereocenters. The second-order valence-corrected chi connectivity index (χ2v) is 7.50. The van der Waals surface area contributed by atoms with Crippen LogP contribution in [-0.4, -0.2) is 15.0 Å². The fourth-order valence-electron chi connectivity index (χ4n) is 1.99. The maximum Gasteiger partial charge on any atom is 0.240 e. The van der Waals surface area contributed by atoms with Gasteiger partial charge in [-0.1, -0.05) is 25.4 Å². The molecule has 0 aromatic heterocycles. The Morgan fingerprint density at radius 2 is 2.00 bits per heavy atom. The smallest absolute Gasteiger partial charge is 0.240 e. The van der Waals surface area contributed by atoms with Crippen LogP contribution in [0.5, 0.6) is 0 Å². The van der Waals surface area contributed by atoms with Gasteiger partial charge in [-0.05, 0) is 48.9 Å². The normalized spacial score (nSPS) is 12.1. The number of sulfonamides is 1. The molecule has 0 heterocycles. The molecule has 0 spiro atoms. The topological polar surface area (TPSA) is 72.2 Å². The summed E-state index contributed by atoms with van der Waals surface area (Å²) in [6.07, 6.45) is 1.81. The van der Waals surface area contributed by atoms with E-state index in [1.807, 2.05) is 0 Å². The summed E-state index contributed by atoms with van der Waals surface area (Å²) in [6.45, 7) is 6.68. The largest absolute Gasteiger partial charge is 0.326 e. The van der Waals surface area contributed by atoms with Crippen molar-refractivity contribution >= 4 is 21.6 Å². The van der Waals surface area contributed by atoms with Crippen LogP contribution in [0.2, 0.25) is 5.02 Å². The van der Waals surface area contributed by atoms with Crippen LogP contribution in [-0.2, 0) is 16.6 Å². The van der Waals surface area contributed by atoms with Crippen molar-refractivity contribution in [1.82, 2.24) is 4.72 Å². The summed E-state index contributed by atoms with van der Waals surface area (Å²) in [5.41, 5.74) is 7.02. The van der Waals surface area contributed by atoms with Gasteiger partial charge in [-0.15, -0.1) is 0 Å². The zero-order chi connectivity index (χ0) is 15.3. The maximum atomic E-state index is 12.3. The van der Waals surface area contributed by atoms with Crippen LogP contribution >= 0.6 is 11.6 Å². The van der Waals surface area contributed by atoms with Gasteiger partial charge in [0.15, 0.2) is 0 Å². The van der Waals surface area contributed by atoms with E-state index in [4.69, 9.17) is 17.3 Å². The molecule has 20 heavy (non-hydrogen) atoms. The Morgan fingerprint density at radius 3 is 2.55 bits per heavy atom. The highest BCUT2D eigenvalue weighted by Crippen LogP contribution is 2.24. The molecule has 0 radical (unpaired) electrons. The van der Waals surface area contributed by atoms with Gasteiger partial charge in [0.05, 0.1) is 4.90 Å². The van der Waals surface area contributed by atoms with Gasteiger partial charge in [-0.3, -0.25) is 0 Å². The second kappa shape index (κ2) is 7.41. The third-order valence-corrected chi connectivity index (χ3v) is 5.00. The van der Waals surface area contributed by atoms with Crippen molar-refractivity contribution in [1.29, 1.82) is 0 Å². The number of hydrogen-bond donors (Lipinski definition) is 2. The molecule has 0 aliphatic carbocycles. The third kappa shape index (κ3) is 4.74. The second-order valence-electron chi connectivity index (χ2n) is 5.33. The van der Waals surface area contributed by atoms with E-state index >= 15 is 0 Å². The van der Waals surface area contributed by atoms with E-state index in [1.54, 1.807) is 13.0 Å². The zero-order valence-corrected chi connectivity index (χ0v) is 13.8. The highest BCUT2D eigenvalue weighted by atomic mass is 35.5. The Hall–Kier alpha value is -0.620. The summed E-state index contributed by atoms with van der Waals surface area (Å²) in [5.74, 6) is 0.566. The third-order valence-electron chi connectivity index (χ3n) is 3.19. The summed E-state index contributed by atoms with van der Waals surface area (Å²) in [5, 5.41) is 0.388. The number of rotatable bonds is 7. The number of nitrogens with one attached hydrogen (secondary N) is 1. The van der Waals surface area contributed by atoms with Crippen LogP contribution in [0.4, 0.5) is 0 Å². The van der Waals surface area contributed by atoms with E-state index < -0.39 is 10.0 Å². The fraction of sp³-hybridized carbons (Fsp3) is 0.571. The molecule has 0 fully saturated rings. The standard InChI is InChI=1S/C14H23ClN2O2S/c1-10(2)5-4-6-17-20(18,19)14-8-13(15)7-12(9-16)11(14)3/h7-8,10,17H,4-6,9,16H2,1-3H3. The molecule has 0 saturated carbocycles. The van der Waals surface area contributed by atoms with Crippen molar-refractivity contribution in [3.05, 3.63) is 28.3 Å². The van der Waals surface area contributed by atoms with E-state index in [0.717, 1.165) is 18.4 Å². The van der Waals surface area contributed by atoms with Gasteiger partial charge in [-0.2, -0.15) is 0 Å². The molecule has 0 amide bonds. The summed E-state index contributed by atoms with van der Waals surface area (Å²) >= 11 is 5.96. The average molecular weight is 319 g/mol. The highest BCUT2D eigenvalue weighted by molar-refractivity contribution is 7.89. The molecular formula is C14H23ClN2O2S. The summed E-state index contributed by atoms with van der Waals surface area (Å²) in [4.78, 5) is 0.218. The molecule has 0 aliphatic heterocycles. The lowest BCUT2D eigenvalue weighted by Gasteiger charge is -2.13. The monoisotopic (exact) mass is 318 g/mol. The van der Waals surface area contributed by atoms with Gasteiger partial charge in [0, 0.05) is 18.1 Å². The number of nitrogens with two attached hydrogens (primary N) is 1. The first-order valence-corrected chi connectivity index (χ1v) is 8.62. The highest BCUT2D eigenvalue weighted by Gasteiger charge is 2.19. The molecule has 0 unspecified atom stereocenters. The van der Waals surface area contributed by atoms with Crippen molar-refractivity contribution in [2.75, 3.05) is 6.54 Å². The molecule has 1 rings (SSSR count). The Balaban J connectivity index is 2.90. The molecule has 6 heteroatoms. The van der Waals surface area contributed by atoms with Crippen LogP contribution in [0.25, 0.3) is 0 Å². The minimum Gasteiger partial charge on any atom is -0.326 e. The van der Waals surface area contributed by atoms with Crippen LogP contribution in [0.15, 0.2) is 17.0 Å². The summed E-state index contributed by atoms with van der Waals surface area (Å²) < 4.78 is 27.2. The first-order valence-electron chi connectivity index (χ1n) is 6.76. The molecule has 4 nitrogen and oxygen atoms in total. The predicted molar refractivity (Wildman–Crippen MR) is 83.3 cm³/mol. The first kappa shape index (κ1) is 17.4. The Labute approximate surface area is 126 Å². The maximum absolute atomic E-state index is 12.3. The lowest BCUT2D eigenvalue weighted by atomic mass is 10.1. The predicted octanol–water partition coefficient (Wildman–Crippen LogP) is 2.82. The Morgan fingerprint density at radius 1 is 1.35 bits per heavy atom. The van der Waals surface area contributed by atoms with Gasteiger partial charge in [0.2, 0.25) is 10.0 Å². The van der Waals surface area contributed by atoms with E-state index in [1.165, 1.54) is 6.07 Å². The first-order chi connectivity index (χ1) is 9.27. The van der Waals surface area contributed by atoms with Gasteiger partial charge >= 0.3 is 0 Å². The van der Waals surface area contributed by atoms with Crippen LogP contribution in [0.3, 0.4) is 0 Å². The number of benzene rings is 1. The molecule has 0 aliphatic rings. The zero-order valence-electron chi connectivity index (χ0n) is 12.2. The lowest BCUT2D eigenvalue weighted by Crippen LogP contribution is -2.26. The SMILES string of the molecule is Cc1c(CN)cc(Cl)cc1S(=O)(=O)NCCCC(C)C. The minimum atomic E-state index is -3.53. The van der Waals surface area contributed by atoms with Crippen LogP contribution in [0.1, 0.15) is 37.8 Å². The Bertz CT molecular complexity index is 557. The quantitative estimate of drug-likeness (QED) is 0.759. The fourth-order valence-corrected chi connectivity index (χ4v) is 3.68. The summed E-state index contributed by atoms with van der Waals surface area (Å²) in [6, 6.07) is 3.18. The van der Waals surface area contributed by atoms with E-state index in [2.05, 4.69) is 18.6 Å².